The molecule has 3 aromatic rings. The Hall–Kier alpha value is -4.47. The van der Waals surface area contributed by atoms with Crippen molar-refractivity contribution in [3.8, 4) is 11.4 Å². The van der Waals surface area contributed by atoms with E-state index in [1.807, 2.05) is 6.92 Å². The molecule has 3 rings (SSSR count). The second-order valence-electron chi connectivity index (χ2n) is 7.07. The maximum Gasteiger partial charge on any atom is 0.362 e. The number of carbonyl (C=O) groups excluding carboxylic acids is 3. The van der Waals surface area contributed by atoms with Gasteiger partial charge in [0.2, 0.25) is 5.69 Å². The number of ether oxygens (including phenoxy) is 3. The molecule has 2 aromatic carbocycles. The van der Waals surface area contributed by atoms with Crippen molar-refractivity contribution in [2.45, 2.75) is 13.8 Å². The minimum Gasteiger partial charge on any atom is -0.481 e. The summed E-state index contributed by atoms with van der Waals surface area (Å²) in [5, 5.41) is 6.71. The van der Waals surface area contributed by atoms with Crippen molar-refractivity contribution >= 4 is 23.5 Å². The second kappa shape index (κ2) is 10.9. The highest BCUT2D eigenvalue weighted by Gasteiger charge is 2.20. The van der Waals surface area contributed by atoms with Crippen LogP contribution in [0.2, 0.25) is 0 Å². The van der Waals surface area contributed by atoms with Crippen molar-refractivity contribution in [1.29, 1.82) is 0 Å². The van der Waals surface area contributed by atoms with Gasteiger partial charge in [0.25, 0.3) is 11.5 Å². The maximum absolute atomic E-state index is 12.6. The first kappa shape index (κ1) is 24.2. The highest BCUT2D eigenvalue weighted by molar-refractivity contribution is 5.94. The van der Waals surface area contributed by atoms with Gasteiger partial charge in [-0.05, 0) is 50.2 Å². The first-order chi connectivity index (χ1) is 16.3. The summed E-state index contributed by atoms with van der Waals surface area (Å²) in [6.07, 6.45) is 0. The molecule has 0 fully saturated rings. The van der Waals surface area contributed by atoms with Gasteiger partial charge in [-0.25, -0.2) is 9.59 Å². The number of aromatic nitrogens is 2. The van der Waals surface area contributed by atoms with E-state index in [-0.39, 0.29) is 18.1 Å². The minimum atomic E-state index is -0.794. The predicted molar refractivity (Wildman–Crippen MR) is 122 cm³/mol. The molecule has 10 heteroatoms. The largest absolute Gasteiger partial charge is 0.481 e. The van der Waals surface area contributed by atoms with Gasteiger partial charge in [0.15, 0.2) is 12.4 Å². The Balaban J connectivity index is 1.78. The van der Waals surface area contributed by atoms with Crippen LogP contribution in [0.15, 0.2) is 59.4 Å². The van der Waals surface area contributed by atoms with Crippen LogP contribution in [0.5, 0.6) is 5.75 Å². The monoisotopic (exact) mass is 465 g/mol. The average molecular weight is 465 g/mol. The van der Waals surface area contributed by atoms with E-state index in [0.29, 0.717) is 16.9 Å². The van der Waals surface area contributed by atoms with E-state index in [9.17, 15) is 19.2 Å². The van der Waals surface area contributed by atoms with Gasteiger partial charge in [-0.2, -0.15) is 9.78 Å². The molecule has 34 heavy (non-hydrogen) atoms. The summed E-state index contributed by atoms with van der Waals surface area (Å²) in [5.41, 5.74) is 1.41. The van der Waals surface area contributed by atoms with Gasteiger partial charge in [-0.15, -0.1) is 0 Å². The van der Waals surface area contributed by atoms with E-state index in [1.54, 1.807) is 31.2 Å². The lowest BCUT2D eigenvalue weighted by Crippen LogP contribution is -2.27. The third-order valence-corrected chi connectivity index (χ3v) is 4.59. The van der Waals surface area contributed by atoms with Crippen molar-refractivity contribution < 1.29 is 28.6 Å². The van der Waals surface area contributed by atoms with Crippen LogP contribution in [0, 0.1) is 6.92 Å². The number of carbonyl (C=O) groups is 3. The Bertz CT molecular complexity index is 1250. The van der Waals surface area contributed by atoms with Crippen LogP contribution in [0.1, 0.15) is 33.3 Å². The lowest BCUT2D eigenvalue weighted by atomic mass is 10.2. The number of methoxy groups -OCH3 is 1. The van der Waals surface area contributed by atoms with E-state index < -0.39 is 30.0 Å². The highest BCUT2D eigenvalue weighted by atomic mass is 16.5. The molecule has 176 valence electrons. The fourth-order valence-corrected chi connectivity index (χ4v) is 2.91. The van der Waals surface area contributed by atoms with E-state index >= 15 is 0 Å². The zero-order chi connectivity index (χ0) is 24.7. The summed E-state index contributed by atoms with van der Waals surface area (Å²) in [6.45, 7) is 3.12. The standard InChI is InChI=1S/C24H23N3O7/c1-4-33-24(31)22-19(13-21(29)27(26-22)18-11-5-15(2)6-12-18)34-14-20(28)25-17-9-7-16(8-10-17)23(30)32-3/h5-13H,4,14H2,1-3H3,(H,25,28). The molecule has 0 radical (unpaired) electrons. The number of hydrogen-bond acceptors (Lipinski definition) is 8. The molecule has 0 bridgehead atoms. The summed E-state index contributed by atoms with van der Waals surface area (Å²) < 4.78 is 16.2. The van der Waals surface area contributed by atoms with Crippen LogP contribution in [-0.2, 0) is 14.3 Å². The van der Waals surface area contributed by atoms with Crippen LogP contribution < -0.4 is 15.6 Å². The Morgan fingerprint density at radius 2 is 1.68 bits per heavy atom. The third-order valence-electron chi connectivity index (χ3n) is 4.59. The van der Waals surface area contributed by atoms with E-state index in [0.717, 1.165) is 16.3 Å². The van der Waals surface area contributed by atoms with E-state index in [2.05, 4.69) is 15.2 Å². The number of rotatable bonds is 8. The summed E-state index contributed by atoms with van der Waals surface area (Å²) in [6, 6.07) is 14.1. The molecule has 1 N–H and O–H groups in total. The lowest BCUT2D eigenvalue weighted by molar-refractivity contribution is -0.118. The molecule has 0 saturated heterocycles. The molecule has 0 unspecified atom stereocenters. The van der Waals surface area contributed by atoms with Crippen molar-refractivity contribution in [3.05, 3.63) is 81.8 Å². The van der Waals surface area contributed by atoms with Gasteiger partial charge in [-0.1, -0.05) is 17.7 Å². The van der Waals surface area contributed by atoms with Gasteiger partial charge < -0.3 is 19.5 Å². The zero-order valence-corrected chi connectivity index (χ0v) is 18.9. The normalized spacial score (nSPS) is 10.3. The summed E-state index contributed by atoms with van der Waals surface area (Å²) in [4.78, 5) is 48.9. The minimum absolute atomic E-state index is 0.0890. The number of benzene rings is 2. The summed E-state index contributed by atoms with van der Waals surface area (Å²) in [7, 11) is 1.27. The van der Waals surface area contributed by atoms with Crippen molar-refractivity contribution in [1.82, 2.24) is 9.78 Å². The van der Waals surface area contributed by atoms with Gasteiger partial charge in [0, 0.05) is 5.69 Å². The van der Waals surface area contributed by atoms with Gasteiger partial charge in [0.1, 0.15) is 0 Å². The molecular formula is C24H23N3O7. The molecule has 0 aliphatic carbocycles. The topological polar surface area (TPSA) is 126 Å². The quantitative estimate of drug-likeness (QED) is 0.503. The molecule has 1 heterocycles. The van der Waals surface area contributed by atoms with E-state index in [1.165, 1.54) is 31.4 Å². The Morgan fingerprint density at radius 1 is 1.00 bits per heavy atom. The first-order valence-corrected chi connectivity index (χ1v) is 10.3. The number of nitrogens with one attached hydrogen (secondary N) is 1. The highest BCUT2D eigenvalue weighted by Crippen LogP contribution is 2.17. The number of amides is 1. The molecule has 10 nitrogen and oxygen atoms in total. The maximum atomic E-state index is 12.6. The van der Waals surface area contributed by atoms with Crippen LogP contribution in [0.3, 0.4) is 0 Å². The van der Waals surface area contributed by atoms with Crippen LogP contribution in [-0.4, -0.2) is 47.9 Å². The fourth-order valence-electron chi connectivity index (χ4n) is 2.91. The van der Waals surface area contributed by atoms with Crippen molar-refractivity contribution in [2.75, 3.05) is 25.6 Å². The Kier molecular flexibility index (Phi) is 7.75. The second-order valence-corrected chi connectivity index (χ2v) is 7.07. The SMILES string of the molecule is CCOC(=O)c1nn(-c2ccc(C)cc2)c(=O)cc1OCC(=O)Nc1ccc(C(=O)OC)cc1. The van der Waals surface area contributed by atoms with Gasteiger partial charge >= 0.3 is 11.9 Å². The Labute approximate surface area is 195 Å². The van der Waals surface area contributed by atoms with Crippen LogP contribution in [0.25, 0.3) is 5.69 Å². The van der Waals surface area contributed by atoms with Crippen molar-refractivity contribution in [3.63, 3.8) is 0 Å². The molecule has 0 atom stereocenters. The number of nitrogens with zero attached hydrogens (tertiary/aromatic N) is 2. The molecule has 1 aromatic heterocycles. The number of esters is 2. The first-order valence-electron chi connectivity index (χ1n) is 10.3. The Morgan fingerprint density at radius 3 is 2.29 bits per heavy atom. The lowest BCUT2D eigenvalue weighted by Gasteiger charge is -2.13. The molecule has 0 aliphatic heterocycles. The smallest absolute Gasteiger partial charge is 0.362 e. The molecule has 0 spiro atoms. The van der Waals surface area contributed by atoms with Gasteiger partial charge in [-0.3, -0.25) is 9.59 Å². The molecule has 0 aliphatic rings. The number of aryl methyl sites for hydroxylation is 1. The fraction of sp³-hybridized carbons (Fsp3) is 0.208. The zero-order valence-electron chi connectivity index (χ0n) is 18.9. The number of hydrogen-bond donors (Lipinski definition) is 1. The molecule has 1 amide bonds. The van der Waals surface area contributed by atoms with Gasteiger partial charge in [0.05, 0.1) is 31.0 Å². The summed E-state index contributed by atoms with van der Waals surface area (Å²) in [5.74, 6) is -2.02. The van der Waals surface area contributed by atoms with Crippen LogP contribution in [0.4, 0.5) is 5.69 Å². The van der Waals surface area contributed by atoms with Crippen molar-refractivity contribution in [2.24, 2.45) is 0 Å². The molecule has 0 saturated carbocycles. The summed E-state index contributed by atoms with van der Waals surface area (Å²) >= 11 is 0. The van der Waals surface area contributed by atoms with Crippen LogP contribution >= 0.6 is 0 Å². The third kappa shape index (κ3) is 5.85. The molecular weight excluding hydrogens is 442 g/mol. The van der Waals surface area contributed by atoms with E-state index in [4.69, 9.17) is 9.47 Å². The average Bonchev–Trinajstić information content (AvgIpc) is 2.83. The predicted octanol–water partition coefficient (Wildman–Crippen LogP) is 2.52. The number of anilines is 1.